The Balaban J connectivity index is 2.29. The summed E-state index contributed by atoms with van der Waals surface area (Å²) in [5, 5.41) is 7.10. The number of thiophene rings is 1. The van der Waals surface area contributed by atoms with Crippen molar-refractivity contribution in [3.8, 4) is 0 Å². The molecule has 0 aliphatic carbocycles. The van der Waals surface area contributed by atoms with Gasteiger partial charge in [-0.05, 0) is 12.5 Å². The van der Waals surface area contributed by atoms with Gasteiger partial charge in [0.15, 0.2) is 0 Å². The molecular weight excluding hydrogens is 358 g/mol. The summed E-state index contributed by atoms with van der Waals surface area (Å²) in [4.78, 5) is 36.1. The molecule has 0 aromatic carbocycles. The first-order chi connectivity index (χ1) is 11.4. The van der Waals surface area contributed by atoms with Gasteiger partial charge in [-0.3, -0.25) is 9.48 Å². The van der Waals surface area contributed by atoms with Crippen LogP contribution in [0.5, 0.6) is 0 Å². The van der Waals surface area contributed by atoms with E-state index in [1.807, 2.05) is 0 Å². The molecule has 0 radical (unpaired) electrons. The van der Waals surface area contributed by atoms with Gasteiger partial charge in [0, 0.05) is 6.20 Å². The van der Waals surface area contributed by atoms with Gasteiger partial charge in [0.25, 0.3) is 0 Å². The number of halogens is 1. The van der Waals surface area contributed by atoms with Crippen LogP contribution in [0.15, 0.2) is 12.4 Å². The Kier molecular flexibility index (Phi) is 5.58. The molecule has 0 fully saturated rings. The lowest BCUT2D eigenvalue weighted by Gasteiger charge is -2.06. The van der Waals surface area contributed by atoms with E-state index in [-0.39, 0.29) is 22.0 Å². The van der Waals surface area contributed by atoms with Crippen molar-refractivity contribution in [2.45, 2.75) is 13.5 Å². The van der Waals surface area contributed by atoms with Crippen LogP contribution in [0.1, 0.15) is 25.6 Å². The molecule has 0 aliphatic heterocycles. The first kappa shape index (κ1) is 18.0. The zero-order valence-electron chi connectivity index (χ0n) is 13.1. The molecule has 0 bridgehead atoms. The number of nitrogens with zero attached hydrogens (tertiary/aromatic N) is 2. The number of carbonyl (C=O) groups excluding carboxylic acids is 3. The quantitative estimate of drug-likeness (QED) is 0.808. The van der Waals surface area contributed by atoms with Gasteiger partial charge in [0.05, 0.1) is 31.0 Å². The SMILES string of the molecule is COC(=O)c1sc(NC(=O)Cn2cc(Cl)cn2)c(C(=O)OC)c1C. The number of nitrogens with one attached hydrogen (secondary N) is 1. The van der Waals surface area contributed by atoms with Crippen molar-refractivity contribution in [2.24, 2.45) is 0 Å². The van der Waals surface area contributed by atoms with Gasteiger partial charge in [0.1, 0.15) is 16.4 Å². The molecule has 2 rings (SSSR count). The summed E-state index contributed by atoms with van der Waals surface area (Å²) in [6, 6.07) is 0. The molecule has 0 aliphatic rings. The Morgan fingerprint density at radius 3 is 2.50 bits per heavy atom. The molecule has 2 aromatic rings. The number of amides is 1. The maximum Gasteiger partial charge on any atom is 0.348 e. The molecule has 8 nitrogen and oxygen atoms in total. The summed E-state index contributed by atoms with van der Waals surface area (Å²) in [7, 11) is 2.45. The maximum atomic E-state index is 12.1. The maximum absolute atomic E-state index is 12.1. The number of carbonyl (C=O) groups is 3. The highest BCUT2D eigenvalue weighted by Crippen LogP contribution is 2.34. The van der Waals surface area contributed by atoms with E-state index in [0.717, 1.165) is 11.3 Å². The zero-order chi connectivity index (χ0) is 17.9. The third kappa shape index (κ3) is 3.74. The van der Waals surface area contributed by atoms with Crippen LogP contribution in [0.4, 0.5) is 5.00 Å². The highest BCUT2D eigenvalue weighted by molar-refractivity contribution is 7.18. The van der Waals surface area contributed by atoms with Crippen LogP contribution in [0.2, 0.25) is 5.02 Å². The third-order valence-electron chi connectivity index (χ3n) is 3.07. The topological polar surface area (TPSA) is 99.5 Å². The molecule has 0 spiro atoms. The Bertz CT molecular complexity index is 798. The standard InChI is InChI=1S/C14H14ClN3O5S/c1-7-10(13(20)22-2)12(24-11(7)14(21)23-3)17-9(19)6-18-5-8(15)4-16-18/h4-5H,6H2,1-3H3,(H,17,19). The third-order valence-corrected chi connectivity index (χ3v) is 4.45. The molecule has 10 heteroatoms. The molecule has 2 aromatic heterocycles. The fraction of sp³-hybridized carbons (Fsp3) is 0.286. The molecule has 1 amide bonds. The minimum Gasteiger partial charge on any atom is -0.465 e. The lowest BCUT2D eigenvalue weighted by molar-refractivity contribution is -0.116. The summed E-state index contributed by atoms with van der Waals surface area (Å²) < 4.78 is 10.7. The molecule has 0 unspecified atom stereocenters. The lowest BCUT2D eigenvalue weighted by Crippen LogP contribution is -2.20. The molecule has 2 heterocycles. The van der Waals surface area contributed by atoms with E-state index in [9.17, 15) is 14.4 Å². The second kappa shape index (κ2) is 7.45. The number of anilines is 1. The summed E-state index contributed by atoms with van der Waals surface area (Å²) in [5.41, 5.74) is 0.505. The number of hydrogen-bond acceptors (Lipinski definition) is 7. The van der Waals surface area contributed by atoms with Crippen LogP contribution in [0.3, 0.4) is 0 Å². The van der Waals surface area contributed by atoms with Crippen LogP contribution < -0.4 is 5.32 Å². The van der Waals surface area contributed by atoms with Gasteiger partial charge in [0.2, 0.25) is 5.91 Å². The van der Waals surface area contributed by atoms with Gasteiger partial charge < -0.3 is 14.8 Å². The van der Waals surface area contributed by atoms with Crippen LogP contribution in [-0.2, 0) is 20.8 Å². The predicted molar refractivity (Wildman–Crippen MR) is 87.6 cm³/mol. The molecule has 0 saturated carbocycles. The first-order valence-electron chi connectivity index (χ1n) is 6.65. The molecule has 1 N–H and O–H groups in total. The van der Waals surface area contributed by atoms with E-state index < -0.39 is 17.8 Å². The minimum atomic E-state index is -0.656. The smallest absolute Gasteiger partial charge is 0.348 e. The summed E-state index contributed by atoms with van der Waals surface area (Å²) >= 11 is 6.68. The lowest BCUT2D eigenvalue weighted by atomic mass is 10.1. The average Bonchev–Trinajstić information content (AvgIpc) is 3.09. The largest absolute Gasteiger partial charge is 0.465 e. The highest BCUT2D eigenvalue weighted by atomic mass is 35.5. The Hall–Kier alpha value is -2.39. The predicted octanol–water partition coefficient (Wildman–Crippen LogP) is 2.12. The Morgan fingerprint density at radius 2 is 1.96 bits per heavy atom. The first-order valence-corrected chi connectivity index (χ1v) is 7.84. The normalized spacial score (nSPS) is 10.3. The number of ether oxygens (including phenoxy) is 2. The fourth-order valence-electron chi connectivity index (χ4n) is 1.97. The van der Waals surface area contributed by atoms with Crippen molar-refractivity contribution < 1.29 is 23.9 Å². The molecule has 24 heavy (non-hydrogen) atoms. The fourth-order valence-corrected chi connectivity index (χ4v) is 3.26. The number of rotatable bonds is 5. The van der Waals surface area contributed by atoms with Crippen molar-refractivity contribution in [3.05, 3.63) is 33.4 Å². The highest BCUT2D eigenvalue weighted by Gasteiger charge is 2.26. The van der Waals surface area contributed by atoms with E-state index in [1.165, 1.54) is 31.3 Å². The summed E-state index contributed by atoms with van der Waals surface area (Å²) in [5.74, 6) is -1.68. The number of esters is 2. The van der Waals surface area contributed by atoms with Gasteiger partial charge >= 0.3 is 11.9 Å². The number of methoxy groups -OCH3 is 2. The van der Waals surface area contributed by atoms with Crippen molar-refractivity contribution in [3.63, 3.8) is 0 Å². The van der Waals surface area contributed by atoms with E-state index in [0.29, 0.717) is 10.6 Å². The van der Waals surface area contributed by atoms with Crippen molar-refractivity contribution in [2.75, 3.05) is 19.5 Å². The zero-order valence-corrected chi connectivity index (χ0v) is 14.7. The Morgan fingerprint density at radius 1 is 1.29 bits per heavy atom. The molecule has 0 atom stereocenters. The van der Waals surface area contributed by atoms with E-state index in [1.54, 1.807) is 6.92 Å². The van der Waals surface area contributed by atoms with Gasteiger partial charge in [-0.1, -0.05) is 11.6 Å². The van der Waals surface area contributed by atoms with E-state index in [2.05, 4.69) is 15.2 Å². The molecular formula is C14H14ClN3O5S. The van der Waals surface area contributed by atoms with Gasteiger partial charge in [-0.15, -0.1) is 11.3 Å². The molecule has 128 valence electrons. The van der Waals surface area contributed by atoms with Crippen molar-refractivity contribution in [1.29, 1.82) is 0 Å². The van der Waals surface area contributed by atoms with Crippen LogP contribution >= 0.6 is 22.9 Å². The monoisotopic (exact) mass is 371 g/mol. The second-order valence-corrected chi connectivity index (χ2v) is 6.10. The van der Waals surface area contributed by atoms with Crippen molar-refractivity contribution >= 4 is 45.8 Å². The van der Waals surface area contributed by atoms with Crippen LogP contribution in [0, 0.1) is 6.92 Å². The summed E-state index contributed by atoms with van der Waals surface area (Å²) in [6.07, 6.45) is 2.89. The Labute approximate surface area is 146 Å². The van der Waals surface area contributed by atoms with Gasteiger partial charge in [-0.2, -0.15) is 5.10 Å². The van der Waals surface area contributed by atoms with Crippen LogP contribution in [0.25, 0.3) is 0 Å². The van der Waals surface area contributed by atoms with Crippen LogP contribution in [-0.4, -0.2) is 41.8 Å². The second-order valence-electron chi connectivity index (χ2n) is 4.65. The van der Waals surface area contributed by atoms with E-state index in [4.69, 9.17) is 16.3 Å². The van der Waals surface area contributed by atoms with Crippen molar-refractivity contribution in [1.82, 2.24) is 9.78 Å². The minimum absolute atomic E-state index is 0.0994. The molecule has 0 saturated heterocycles. The van der Waals surface area contributed by atoms with E-state index >= 15 is 0 Å². The summed E-state index contributed by atoms with van der Waals surface area (Å²) in [6.45, 7) is 1.48. The average molecular weight is 372 g/mol. The number of hydrogen-bond donors (Lipinski definition) is 1. The van der Waals surface area contributed by atoms with Gasteiger partial charge in [-0.25, -0.2) is 9.59 Å². The number of aromatic nitrogens is 2.